The van der Waals surface area contributed by atoms with E-state index in [1.54, 1.807) is 36.4 Å². The first-order valence-corrected chi connectivity index (χ1v) is 14.7. The molecule has 1 fully saturated rings. The lowest BCUT2D eigenvalue weighted by Gasteiger charge is -2.30. The van der Waals surface area contributed by atoms with Crippen LogP contribution in [0, 0.1) is 12.8 Å². The van der Waals surface area contributed by atoms with E-state index in [1.807, 2.05) is 19.1 Å². The molecule has 2 aliphatic rings. The average molecular weight is 626 g/mol. The second-order valence-electron chi connectivity index (χ2n) is 10.1. The lowest BCUT2D eigenvalue weighted by Crippen LogP contribution is -2.33. The maximum Gasteiger partial charge on any atom is 0.418 e. The van der Waals surface area contributed by atoms with Crippen molar-refractivity contribution >= 4 is 52.2 Å². The third-order valence-corrected chi connectivity index (χ3v) is 9.60. The maximum absolute atomic E-state index is 13.9. The van der Waals surface area contributed by atoms with E-state index in [-0.39, 0.29) is 11.5 Å². The molecule has 3 amide bonds. The summed E-state index contributed by atoms with van der Waals surface area (Å²) >= 11 is 1.85. The number of nitrogens with one attached hydrogen (secondary N) is 2. The number of amides is 3. The van der Waals surface area contributed by atoms with Crippen LogP contribution < -0.4 is 19.8 Å². The number of fused-ring (bicyclic) bond motifs is 2. The van der Waals surface area contributed by atoms with Crippen molar-refractivity contribution in [2.45, 2.75) is 29.3 Å². The SMILES string of the molecule is Cc1ccc(NC(=O)COc2cccc([C@@H]3c4sc(=O)[nH]c4S[C@H]4C(=O)N(c5ccccc5C(F)(F)F)C(=O)[C@@H]34)c2)cc1. The quantitative estimate of drug-likeness (QED) is 0.271. The van der Waals surface area contributed by atoms with Crippen molar-refractivity contribution in [3.05, 3.63) is 104 Å². The molecule has 0 unspecified atom stereocenters. The number of imide groups is 1. The van der Waals surface area contributed by atoms with Crippen LogP contribution in [-0.2, 0) is 20.6 Å². The van der Waals surface area contributed by atoms with E-state index in [0.29, 0.717) is 31.8 Å². The van der Waals surface area contributed by atoms with Gasteiger partial charge >= 0.3 is 11.0 Å². The van der Waals surface area contributed by atoms with Gasteiger partial charge in [0.15, 0.2) is 6.61 Å². The Hall–Kier alpha value is -4.36. The number of halogens is 3. The number of aryl methyl sites for hydroxylation is 1. The first kappa shape index (κ1) is 28.7. The summed E-state index contributed by atoms with van der Waals surface area (Å²) in [5, 5.41) is 2.06. The standard InChI is InChI=1S/C30H22F3N3O5S2/c1-15-9-11-17(12-10-15)34-21(37)14-41-18-6-4-5-16(13-18)22-23-25(42-26-24(22)43-29(40)35-26)28(39)36(27(23)38)20-8-3-2-7-19(20)30(31,32)33/h2-13,22-23,25H,14H2,1H3,(H,34,37)(H,35,40)/t22-,23-,25+/m0/s1. The number of thioether (sulfide) groups is 1. The van der Waals surface area contributed by atoms with E-state index in [0.717, 1.165) is 40.8 Å². The van der Waals surface area contributed by atoms with Gasteiger partial charge in [0.1, 0.15) is 11.0 Å². The molecule has 220 valence electrons. The fourth-order valence-corrected chi connectivity index (χ4v) is 7.82. The Balaban J connectivity index is 1.31. The number of ether oxygens (including phenoxy) is 1. The number of para-hydroxylation sites is 1. The summed E-state index contributed by atoms with van der Waals surface area (Å²) in [5.74, 6) is -3.59. The highest BCUT2D eigenvalue weighted by Crippen LogP contribution is 2.54. The number of aromatic amines is 1. The van der Waals surface area contributed by atoms with E-state index in [2.05, 4.69) is 10.3 Å². The van der Waals surface area contributed by atoms with E-state index < -0.39 is 52.2 Å². The summed E-state index contributed by atoms with van der Waals surface area (Å²) in [7, 11) is 0. The van der Waals surface area contributed by atoms with Gasteiger partial charge in [-0.2, -0.15) is 13.2 Å². The molecule has 8 nitrogen and oxygen atoms in total. The predicted molar refractivity (Wildman–Crippen MR) is 156 cm³/mol. The number of anilines is 2. The number of benzene rings is 3. The van der Waals surface area contributed by atoms with Gasteiger partial charge in [-0.3, -0.25) is 19.2 Å². The van der Waals surface area contributed by atoms with Crippen LogP contribution in [0.2, 0.25) is 0 Å². The van der Waals surface area contributed by atoms with Crippen LogP contribution in [0.4, 0.5) is 24.5 Å². The van der Waals surface area contributed by atoms with Crippen molar-refractivity contribution < 1.29 is 32.3 Å². The number of thiazole rings is 1. The Kier molecular flexibility index (Phi) is 7.38. The summed E-state index contributed by atoms with van der Waals surface area (Å²) in [6.45, 7) is 1.62. The zero-order chi connectivity index (χ0) is 30.5. The lowest BCUT2D eigenvalue weighted by atomic mass is 9.83. The first-order chi connectivity index (χ1) is 20.5. The third kappa shape index (κ3) is 5.45. The zero-order valence-corrected chi connectivity index (χ0v) is 23.9. The maximum atomic E-state index is 13.9. The number of H-pyrrole nitrogens is 1. The molecule has 0 radical (unpaired) electrons. The molecule has 43 heavy (non-hydrogen) atoms. The summed E-state index contributed by atoms with van der Waals surface area (Å²) in [6, 6.07) is 18.3. The largest absolute Gasteiger partial charge is 0.484 e. The Labute approximate surface area is 250 Å². The molecule has 2 aliphatic heterocycles. The number of alkyl halides is 3. The zero-order valence-electron chi connectivity index (χ0n) is 22.3. The Morgan fingerprint density at radius 1 is 1.00 bits per heavy atom. The van der Waals surface area contributed by atoms with E-state index in [9.17, 15) is 32.3 Å². The molecule has 2 N–H and O–H groups in total. The lowest BCUT2D eigenvalue weighted by molar-refractivity contribution is -0.137. The summed E-state index contributed by atoms with van der Waals surface area (Å²) < 4.78 is 47.3. The first-order valence-electron chi connectivity index (χ1n) is 13.0. The highest BCUT2D eigenvalue weighted by molar-refractivity contribution is 8.00. The number of hydrogen-bond acceptors (Lipinski definition) is 7. The van der Waals surface area contributed by atoms with Crippen molar-refractivity contribution in [3.63, 3.8) is 0 Å². The molecule has 3 aromatic carbocycles. The van der Waals surface area contributed by atoms with Crippen LogP contribution in [0.15, 0.2) is 82.6 Å². The van der Waals surface area contributed by atoms with Crippen LogP contribution in [0.25, 0.3) is 0 Å². The Bertz CT molecular complexity index is 1800. The van der Waals surface area contributed by atoms with E-state index in [1.165, 1.54) is 12.1 Å². The molecule has 4 aromatic rings. The molecule has 0 bridgehead atoms. The molecule has 1 aromatic heterocycles. The van der Waals surface area contributed by atoms with Gasteiger partial charge in [0.05, 0.1) is 22.2 Å². The Morgan fingerprint density at radius 3 is 2.49 bits per heavy atom. The van der Waals surface area contributed by atoms with Crippen molar-refractivity contribution in [2.75, 3.05) is 16.8 Å². The van der Waals surface area contributed by atoms with Crippen molar-refractivity contribution in [1.29, 1.82) is 0 Å². The van der Waals surface area contributed by atoms with Crippen LogP contribution >= 0.6 is 23.1 Å². The molecule has 3 heterocycles. The number of aromatic nitrogens is 1. The third-order valence-electron chi connectivity index (χ3n) is 7.20. The van der Waals surface area contributed by atoms with Gasteiger partial charge in [-0.05, 0) is 48.9 Å². The molecule has 0 aliphatic carbocycles. The van der Waals surface area contributed by atoms with Crippen molar-refractivity contribution in [3.8, 4) is 5.75 Å². The molecule has 1 saturated heterocycles. The van der Waals surface area contributed by atoms with Crippen LogP contribution in [0.1, 0.15) is 27.5 Å². The highest BCUT2D eigenvalue weighted by Gasteiger charge is 2.57. The number of rotatable bonds is 6. The van der Waals surface area contributed by atoms with Crippen LogP contribution in [0.3, 0.4) is 0 Å². The fraction of sp³-hybridized carbons (Fsp3) is 0.200. The van der Waals surface area contributed by atoms with Gasteiger partial charge in [-0.25, -0.2) is 4.90 Å². The second kappa shape index (κ2) is 11.0. The molecule has 13 heteroatoms. The molecular weight excluding hydrogens is 603 g/mol. The van der Waals surface area contributed by atoms with Crippen LogP contribution in [-0.4, -0.2) is 34.6 Å². The topological polar surface area (TPSA) is 109 Å². The molecule has 0 spiro atoms. The molecular formula is C30H22F3N3O5S2. The van der Waals surface area contributed by atoms with Gasteiger partial charge in [-0.1, -0.05) is 65.1 Å². The minimum absolute atomic E-state index is 0.298. The highest BCUT2D eigenvalue weighted by atomic mass is 32.2. The normalized spacial score (nSPS) is 19.6. The van der Waals surface area contributed by atoms with Gasteiger partial charge < -0.3 is 15.0 Å². The van der Waals surface area contributed by atoms with Gasteiger partial charge in [-0.15, -0.1) is 0 Å². The van der Waals surface area contributed by atoms with E-state index in [4.69, 9.17) is 4.74 Å². The summed E-state index contributed by atoms with van der Waals surface area (Å²) in [4.78, 5) is 55.7. The summed E-state index contributed by atoms with van der Waals surface area (Å²) in [6.07, 6.45) is -4.79. The number of nitrogens with zero attached hydrogens (tertiary/aromatic N) is 1. The fourth-order valence-electron chi connectivity index (χ4n) is 5.30. The Morgan fingerprint density at radius 2 is 1.74 bits per heavy atom. The smallest absolute Gasteiger partial charge is 0.418 e. The monoisotopic (exact) mass is 625 g/mol. The summed E-state index contributed by atoms with van der Waals surface area (Å²) in [5.41, 5.74) is 0.525. The molecule has 6 rings (SSSR count). The second-order valence-corrected chi connectivity index (χ2v) is 12.2. The van der Waals surface area contributed by atoms with Gasteiger partial charge in [0, 0.05) is 16.5 Å². The minimum atomic E-state index is -4.79. The molecule has 3 atom stereocenters. The molecule has 0 saturated carbocycles. The number of carbonyl (C=O) groups excluding carboxylic acids is 3. The van der Waals surface area contributed by atoms with Gasteiger partial charge in [0.2, 0.25) is 11.8 Å². The van der Waals surface area contributed by atoms with E-state index >= 15 is 0 Å². The average Bonchev–Trinajstić information content (AvgIpc) is 3.46. The number of carbonyl (C=O) groups is 3. The minimum Gasteiger partial charge on any atom is -0.484 e. The van der Waals surface area contributed by atoms with Crippen molar-refractivity contribution in [2.24, 2.45) is 5.92 Å². The predicted octanol–water partition coefficient (Wildman–Crippen LogP) is 5.58. The van der Waals surface area contributed by atoms with Crippen LogP contribution in [0.5, 0.6) is 5.75 Å². The number of hydrogen-bond donors (Lipinski definition) is 2. The van der Waals surface area contributed by atoms with Gasteiger partial charge in [0.25, 0.3) is 5.91 Å². The van der Waals surface area contributed by atoms with Crippen molar-refractivity contribution in [1.82, 2.24) is 4.98 Å².